The van der Waals surface area contributed by atoms with Crippen LogP contribution < -0.4 is 10.1 Å². The van der Waals surface area contributed by atoms with Crippen LogP contribution in [0.4, 0.5) is 5.69 Å². The van der Waals surface area contributed by atoms with Crippen LogP contribution in [0.15, 0.2) is 47.0 Å². The molecule has 0 atom stereocenters. The Morgan fingerprint density at radius 1 is 1.15 bits per heavy atom. The van der Waals surface area contributed by atoms with Crippen molar-refractivity contribution in [2.24, 2.45) is 0 Å². The van der Waals surface area contributed by atoms with Gasteiger partial charge in [0.2, 0.25) is 0 Å². The SMILES string of the molecule is Cc1cccc(OCc2c(C(=O)Nc3cc(Cl)cc(Cl)c3)noc2C)c1. The summed E-state index contributed by atoms with van der Waals surface area (Å²) >= 11 is 11.9. The standard InChI is InChI=1S/C19H16Cl2N2O3/c1-11-4-3-5-16(6-11)25-10-17-12(2)26-23-18(17)19(24)22-15-8-13(20)7-14(21)9-15/h3-9H,10H2,1-2H3,(H,22,24). The van der Waals surface area contributed by atoms with Crippen molar-refractivity contribution in [1.82, 2.24) is 5.16 Å². The third kappa shape index (κ3) is 4.36. The van der Waals surface area contributed by atoms with Crippen LogP contribution in [0, 0.1) is 13.8 Å². The van der Waals surface area contributed by atoms with Crippen molar-refractivity contribution in [2.75, 3.05) is 5.32 Å². The third-order valence-corrected chi connectivity index (χ3v) is 4.13. The van der Waals surface area contributed by atoms with Crippen LogP contribution in [0.3, 0.4) is 0 Å². The zero-order valence-corrected chi connectivity index (χ0v) is 15.7. The predicted molar refractivity (Wildman–Crippen MR) is 101 cm³/mol. The Kier molecular flexibility index (Phi) is 5.49. The summed E-state index contributed by atoms with van der Waals surface area (Å²) in [5, 5.41) is 7.42. The molecule has 1 aromatic heterocycles. The minimum absolute atomic E-state index is 0.159. The Morgan fingerprint density at radius 3 is 2.58 bits per heavy atom. The molecule has 2 aromatic carbocycles. The number of amides is 1. The number of hydrogen-bond donors (Lipinski definition) is 1. The number of halogens is 2. The topological polar surface area (TPSA) is 64.4 Å². The quantitative estimate of drug-likeness (QED) is 0.630. The summed E-state index contributed by atoms with van der Waals surface area (Å²) < 4.78 is 10.9. The van der Waals surface area contributed by atoms with E-state index in [9.17, 15) is 4.79 Å². The molecule has 0 saturated heterocycles. The molecule has 0 saturated carbocycles. The van der Waals surface area contributed by atoms with Crippen molar-refractivity contribution in [2.45, 2.75) is 20.5 Å². The summed E-state index contributed by atoms with van der Waals surface area (Å²) in [6.07, 6.45) is 0. The van der Waals surface area contributed by atoms with Gasteiger partial charge in [-0.3, -0.25) is 4.79 Å². The van der Waals surface area contributed by atoms with E-state index in [1.165, 1.54) is 0 Å². The van der Waals surface area contributed by atoms with Gasteiger partial charge in [-0.1, -0.05) is 40.5 Å². The first-order valence-corrected chi connectivity index (χ1v) is 8.60. The molecule has 1 amide bonds. The zero-order chi connectivity index (χ0) is 18.7. The molecule has 3 rings (SSSR count). The van der Waals surface area contributed by atoms with E-state index in [4.69, 9.17) is 32.5 Å². The van der Waals surface area contributed by atoms with Crippen LogP contribution >= 0.6 is 23.2 Å². The number of nitrogens with one attached hydrogen (secondary N) is 1. The van der Waals surface area contributed by atoms with Crippen LogP contribution in [-0.4, -0.2) is 11.1 Å². The Morgan fingerprint density at radius 2 is 1.88 bits per heavy atom. The van der Waals surface area contributed by atoms with E-state index in [2.05, 4.69) is 10.5 Å². The van der Waals surface area contributed by atoms with Crippen LogP contribution in [0.5, 0.6) is 5.75 Å². The van der Waals surface area contributed by atoms with Gasteiger partial charge in [-0.05, 0) is 49.7 Å². The van der Waals surface area contributed by atoms with Crippen LogP contribution in [0.1, 0.15) is 27.4 Å². The van der Waals surface area contributed by atoms with Gasteiger partial charge >= 0.3 is 0 Å². The highest BCUT2D eigenvalue weighted by Gasteiger charge is 2.21. The number of ether oxygens (including phenoxy) is 1. The molecular weight excluding hydrogens is 375 g/mol. The molecule has 0 aliphatic heterocycles. The summed E-state index contributed by atoms with van der Waals surface area (Å²) in [6.45, 7) is 3.87. The van der Waals surface area contributed by atoms with Gasteiger partial charge in [-0.25, -0.2) is 0 Å². The van der Waals surface area contributed by atoms with Gasteiger partial charge in [-0.15, -0.1) is 0 Å². The average molecular weight is 391 g/mol. The first-order valence-electron chi connectivity index (χ1n) is 7.84. The lowest BCUT2D eigenvalue weighted by Gasteiger charge is -2.08. The second-order valence-electron chi connectivity index (χ2n) is 5.78. The number of hydrogen-bond acceptors (Lipinski definition) is 4. The van der Waals surface area contributed by atoms with E-state index < -0.39 is 5.91 Å². The van der Waals surface area contributed by atoms with Gasteiger partial charge in [0.1, 0.15) is 18.1 Å². The molecule has 0 radical (unpaired) electrons. The summed E-state index contributed by atoms with van der Waals surface area (Å²) in [7, 11) is 0. The van der Waals surface area contributed by atoms with E-state index in [-0.39, 0.29) is 12.3 Å². The number of anilines is 1. The zero-order valence-electron chi connectivity index (χ0n) is 14.2. The molecule has 7 heteroatoms. The van der Waals surface area contributed by atoms with E-state index in [1.807, 2.05) is 31.2 Å². The van der Waals surface area contributed by atoms with Crippen LogP contribution in [0.25, 0.3) is 0 Å². The van der Waals surface area contributed by atoms with Gasteiger partial charge < -0.3 is 14.6 Å². The van der Waals surface area contributed by atoms with Gasteiger partial charge in [-0.2, -0.15) is 0 Å². The molecule has 134 valence electrons. The normalized spacial score (nSPS) is 10.6. The van der Waals surface area contributed by atoms with Gasteiger partial charge in [0.05, 0.1) is 5.56 Å². The molecular formula is C19H16Cl2N2O3. The van der Waals surface area contributed by atoms with Crippen molar-refractivity contribution < 1.29 is 14.1 Å². The highest BCUT2D eigenvalue weighted by Crippen LogP contribution is 2.24. The fourth-order valence-electron chi connectivity index (χ4n) is 2.42. The monoisotopic (exact) mass is 390 g/mol. The minimum Gasteiger partial charge on any atom is -0.489 e. The minimum atomic E-state index is -0.428. The molecule has 0 spiro atoms. The van der Waals surface area contributed by atoms with Crippen molar-refractivity contribution in [3.8, 4) is 5.75 Å². The number of aryl methyl sites for hydroxylation is 2. The molecule has 0 aliphatic rings. The second-order valence-corrected chi connectivity index (χ2v) is 6.66. The van der Waals surface area contributed by atoms with E-state index >= 15 is 0 Å². The summed E-state index contributed by atoms with van der Waals surface area (Å²) in [5.41, 5.74) is 2.29. The highest BCUT2D eigenvalue weighted by atomic mass is 35.5. The van der Waals surface area contributed by atoms with E-state index in [0.717, 1.165) is 5.56 Å². The van der Waals surface area contributed by atoms with Crippen molar-refractivity contribution in [3.05, 3.63) is 75.1 Å². The smallest absolute Gasteiger partial charge is 0.278 e. The Labute approximate surface area is 160 Å². The number of benzene rings is 2. The molecule has 1 N–H and O–H groups in total. The molecule has 3 aromatic rings. The second kappa shape index (κ2) is 7.81. The fraction of sp³-hybridized carbons (Fsp3) is 0.158. The molecule has 0 aliphatic carbocycles. The van der Waals surface area contributed by atoms with Gasteiger partial charge in [0.25, 0.3) is 5.91 Å². The number of nitrogens with zero attached hydrogens (tertiary/aromatic N) is 1. The fourth-order valence-corrected chi connectivity index (χ4v) is 2.94. The van der Waals surface area contributed by atoms with E-state index in [0.29, 0.717) is 32.8 Å². The molecule has 0 fully saturated rings. The van der Waals surface area contributed by atoms with Gasteiger partial charge in [0.15, 0.2) is 5.69 Å². The molecule has 0 bridgehead atoms. The third-order valence-electron chi connectivity index (χ3n) is 3.69. The molecule has 26 heavy (non-hydrogen) atoms. The maximum Gasteiger partial charge on any atom is 0.278 e. The number of rotatable bonds is 5. The van der Waals surface area contributed by atoms with Crippen LogP contribution in [-0.2, 0) is 6.61 Å². The first-order chi connectivity index (χ1) is 12.4. The average Bonchev–Trinajstić information content (AvgIpc) is 2.93. The van der Waals surface area contributed by atoms with Crippen LogP contribution in [0.2, 0.25) is 10.0 Å². The predicted octanol–water partition coefficient (Wildman–Crippen LogP) is 5.43. The summed E-state index contributed by atoms with van der Waals surface area (Å²) in [4.78, 5) is 12.6. The Bertz CT molecular complexity index is 933. The number of carbonyl (C=O) groups is 1. The van der Waals surface area contributed by atoms with Gasteiger partial charge in [0, 0.05) is 15.7 Å². The molecule has 1 heterocycles. The Hall–Kier alpha value is -2.50. The lowest BCUT2D eigenvalue weighted by atomic mass is 10.2. The maximum absolute atomic E-state index is 12.6. The van der Waals surface area contributed by atoms with Crippen molar-refractivity contribution >= 4 is 34.8 Å². The maximum atomic E-state index is 12.6. The summed E-state index contributed by atoms with van der Waals surface area (Å²) in [6, 6.07) is 12.4. The number of aromatic nitrogens is 1. The molecule has 5 nitrogen and oxygen atoms in total. The van der Waals surface area contributed by atoms with Crippen molar-refractivity contribution in [1.29, 1.82) is 0 Å². The highest BCUT2D eigenvalue weighted by molar-refractivity contribution is 6.35. The number of carbonyl (C=O) groups excluding carboxylic acids is 1. The van der Waals surface area contributed by atoms with Crippen molar-refractivity contribution in [3.63, 3.8) is 0 Å². The largest absolute Gasteiger partial charge is 0.489 e. The van der Waals surface area contributed by atoms with E-state index in [1.54, 1.807) is 25.1 Å². The first kappa shape index (κ1) is 18.3. The Balaban J connectivity index is 1.77. The lowest BCUT2D eigenvalue weighted by Crippen LogP contribution is -2.15. The lowest BCUT2D eigenvalue weighted by molar-refractivity contribution is 0.101. The summed E-state index contributed by atoms with van der Waals surface area (Å²) in [5.74, 6) is 0.800. The molecule has 0 unspecified atom stereocenters.